The van der Waals surface area contributed by atoms with Gasteiger partial charge in [0, 0.05) is 12.1 Å². The third-order valence-corrected chi connectivity index (χ3v) is 5.13. The summed E-state index contributed by atoms with van der Waals surface area (Å²) in [7, 11) is 2.20. The van der Waals surface area contributed by atoms with Crippen molar-refractivity contribution in [1.82, 2.24) is 4.90 Å². The van der Waals surface area contributed by atoms with Crippen LogP contribution in [0, 0.1) is 0 Å². The van der Waals surface area contributed by atoms with E-state index in [1.54, 1.807) is 0 Å². The summed E-state index contributed by atoms with van der Waals surface area (Å²) < 4.78 is 0. The Kier molecular flexibility index (Phi) is 5.84. The van der Waals surface area contributed by atoms with Crippen molar-refractivity contribution in [3.8, 4) is 0 Å². The Morgan fingerprint density at radius 2 is 1.71 bits per heavy atom. The fourth-order valence-electron chi connectivity index (χ4n) is 3.61. The van der Waals surface area contributed by atoms with E-state index in [0.29, 0.717) is 12.1 Å². The minimum atomic E-state index is -0.379. The molecule has 0 unspecified atom stereocenters. The van der Waals surface area contributed by atoms with Gasteiger partial charge >= 0.3 is 0 Å². The molecule has 2 nitrogen and oxygen atoms in total. The zero-order chi connectivity index (χ0) is 16.8. The normalized spacial score (nSPS) is 23.4. The third kappa shape index (κ3) is 4.34. The maximum absolute atomic E-state index is 10.5. The zero-order valence-electron chi connectivity index (χ0n) is 14.4. The van der Waals surface area contributed by atoms with Crippen LogP contribution in [0.2, 0.25) is 0 Å². The summed E-state index contributed by atoms with van der Waals surface area (Å²) in [4.78, 5) is 2.44. The molecule has 3 rings (SSSR count). The fraction of sp³-hybridized carbons (Fsp3) is 0.364. The van der Waals surface area contributed by atoms with Crippen LogP contribution in [-0.2, 0) is 0 Å². The predicted molar refractivity (Wildman–Crippen MR) is 101 cm³/mol. The van der Waals surface area contributed by atoms with Gasteiger partial charge in [-0.1, -0.05) is 79.2 Å². The van der Waals surface area contributed by atoms with Crippen LogP contribution in [0.5, 0.6) is 0 Å². The first-order chi connectivity index (χ1) is 11.7. The van der Waals surface area contributed by atoms with Gasteiger partial charge in [-0.25, -0.2) is 0 Å². The van der Waals surface area contributed by atoms with Gasteiger partial charge in [-0.2, -0.15) is 0 Å². The molecule has 1 aliphatic heterocycles. The van der Waals surface area contributed by atoms with Crippen molar-refractivity contribution in [3.63, 3.8) is 0 Å². The van der Waals surface area contributed by atoms with E-state index in [1.807, 2.05) is 36.4 Å². The highest BCUT2D eigenvalue weighted by molar-refractivity contribution is 5.49. The molecule has 0 saturated carbocycles. The van der Waals surface area contributed by atoms with E-state index in [1.165, 1.54) is 18.4 Å². The average Bonchev–Trinajstić information content (AvgIpc) is 2.64. The Morgan fingerprint density at radius 1 is 1.04 bits per heavy atom. The molecule has 1 fully saturated rings. The monoisotopic (exact) mass is 321 g/mol. The summed E-state index contributed by atoms with van der Waals surface area (Å²) in [5.41, 5.74) is 2.27. The molecule has 2 heteroatoms. The molecule has 126 valence electrons. The topological polar surface area (TPSA) is 23.5 Å². The number of nitrogens with zero attached hydrogens (tertiary/aromatic N) is 1. The van der Waals surface area contributed by atoms with Crippen molar-refractivity contribution in [1.29, 1.82) is 0 Å². The Hall–Kier alpha value is -1.90. The summed E-state index contributed by atoms with van der Waals surface area (Å²) in [6, 6.07) is 21.4. The van der Waals surface area contributed by atoms with E-state index in [9.17, 15) is 5.11 Å². The minimum absolute atomic E-state index is 0.379. The number of likely N-dealkylation sites (N-methyl/N-ethyl adjacent to an activating group) is 1. The van der Waals surface area contributed by atoms with Gasteiger partial charge < -0.3 is 5.11 Å². The molecule has 0 bridgehead atoms. The summed E-state index contributed by atoms with van der Waals surface area (Å²) in [6.45, 7) is 0. The number of benzene rings is 2. The fourth-order valence-corrected chi connectivity index (χ4v) is 3.61. The average molecular weight is 321 g/mol. The van der Waals surface area contributed by atoms with E-state index in [4.69, 9.17) is 0 Å². The van der Waals surface area contributed by atoms with Gasteiger partial charge in [-0.05, 0) is 37.4 Å². The van der Waals surface area contributed by atoms with Crippen molar-refractivity contribution in [2.24, 2.45) is 0 Å². The minimum Gasteiger partial charge on any atom is -0.388 e. The largest absolute Gasteiger partial charge is 0.388 e. The highest BCUT2D eigenvalue weighted by Crippen LogP contribution is 2.29. The van der Waals surface area contributed by atoms with E-state index < -0.39 is 0 Å². The summed E-state index contributed by atoms with van der Waals surface area (Å²) in [5, 5.41) is 10.5. The van der Waals surface area contributed by atoms with Gasteiger partial charge in [0.2, 0.25) is 0 Å². The summed E-state index contributed by atoms with van der Waals surface area (Å²) in [6.07, 6.45) is 8.54. The maximum Gasteiger partial charge on any atom is 0.0805 e. The van der Waals surface area contributed by atoms with Gasteiger partial charge in [0.1, 0.15) is 0 Å². The molecule has 0 amide bonds. The number of aliphatic hydroxyl groups excluding tert-OH is 1. The number of piperidine rings is 1. The van der Waals surface area contributed by atoms with E-state index >= 15 is 0 Å². The lowest BCUT2D eigenvalue weighted by molar-refractivity contribution is 0.0762. The van der Waals surface area contributed by atoms with Crippen molar-refractivity contribution in [2.75, 3.05) is 7.05 Å². The van der Waals surface area contributed by atoms with Crippen LogP contribution >= 0.6 is 0 Å². The van der Waals surface area contributed by atoms with Crippen molar-refractivity contribution in [2.45, 2.75) is 43.9 Å². The van der Waals surface area contributed by atoms with Crippen LogP contribution in [0.4, 0.5) is 0 Å². The van der Waals surface area contributed by atoms with Crippen LogP contribution in [0.3, 0.4) is 0 Å². The first-order valence-electron chi connectivity index (χ1n) is 8.92. The van der Waals surface area contributed by atoms with Gasteiger partial charge in [0.15, 0.2) is 0 Å². The zero-order valence-corrected chi connectivity index (χ0v) is 14.4. The predicted octanol–water partition coefficient (Wildman–Crippen LogP) is 4.68. The molecule has 1 saturated heterocycles. The molecule has 2 aromatic rings. The highest BCUT2D eigenvalue weighted by Gasteiger charge is 2.27. The van der Waals surface area contributed by atoms with Gasteiger partial charge in [-0.3, -0.25) is 4.90 Å². The molecule has 0 radical (unpaired) electrons. The van der Waals surface area contributed by atoms with Crippen LogP contribution in [0.25, 0.3) is 6.08 Å². The smallest absolute Gasteiger partial charge is 0.0805 e. The molecule has 0 aliphatic carbocycles. The number of rotatable bonds is 5. The second kappa shape index (κ2) is 8.27. The lowest BCUT2D eigenvalue weighted by Gasteiger charge is -2.39. The molecule has 0 spiro atoms. The molecule has 24 heavy (non-hydrogen) atoms. The second-order valence-electron chi connectivity index (χ2n) is 6.75. The van der Waals surface area contributed by atoms with Crippen LogP contribution in [0.15, 0.2) is 66.7 Å². The number of likely N-dealkylation sites (tertiary alicyclic amines) is 1. The second-order valence-corrected chi connectivity index (χ2v) is 6.75. The lowest BCUT2D eigenvalue weighted by Crippen LogP contribution is -2.43. The Labute approximate surface area is 145 Å². The van der Waals surface area contributed by atoms with Crippen molar-refractivity contribution < 1.29 is 5.11 Å². The molecule has 1 heterocycles. The number of aliphatic hydroxyl groups is 1. The molecule has 0 aromatic heterocycles. The van der Waals surface area contributed by atoms with Crippen LogP contribution in [0.1, 0.15) is 42.9 Å². The Balaban J connectivity index is 1.62. The Bertz CT molecular complexity index is 638. The maximum atomic E-state index is 10.5. The number of hydrogen-bond acceptors (Lipinski definition) is 2. The lowest BCUT2D eigenvalue weighted by atomic mass is 9.90. The van der Waals surface area contributed by atoms with Crippen LogP contribution < -0.4 is 0 Å². The standard InChI is InChI=1S/C22H27NO/c1-23-20(16-15-18-9-4-2-5-10-18)13-8-14-21(23)17-22(24)19-11-6-3-7-12-19/h2-7,9-12,15-16,20-22,24H,8,13-14,17H2,1H3/t20-,21+,22+/m0/s1. The first-order valence-corrected chi connectivity index (χ1v) is 8.92. The van der Waals surface area contributed by atoms with Crippen molar-refractivity contribution in [3.05, 3.63) is 77.9 Å². The van der Waals surface area contributed by atoms with E-state index in [2.05, 4.69) is 48.4 Å². The quantitative estimate of drug-likeness (QED) is 0.864. The molecule has 3 atom stereocenters. The molecule has 1 aliphatic rings. The van der Waals surface area contributed by atoms with Crippen molar-refractivity contribution >= 4 is 6.08 Å². The molecule has 1 N–H and O–H groups in total. The molecular formula is C22H27NO. The summed E-state index contributed by atoms with van der Waals surface area (Å²) >= 11 is 0. The molecular weight excluding hydrogens is 294 g/mol. The van der Waals surface area contributed by atoms with E-state index in [-0.39, 0.29) is 6.10 Å². The summed E-state index contributed by atoms with van der Waals surface area (Å²) in [5.74, 6) is 0. The van der Waals surface area contributed by atoms with Gasteiger partial charge in [0.25, 0.3) is 0 Å². The molecule has 2 aromatic carbocycles. The van der Waals surface area contributed by atoms with Gasteiger partial charge in [0.05, 0.1) is 6.10 Å². The number of hydrogen-bond donors (Lipinski definition) is 1. The van der Waals surface area contributed by atoms with Gasteiger partial charge in [-0.15, -0.1) is 0 Å². The SMILES string of the molecule is CN1[C@@H](C[C@@H](O)c2ccccc2)CCC[C@H]1C=Cc1ccccc1. The van der Waals surface area contributed by atoms with Crippen LogP contribution in [-0.4, -0.2) is 29.1 Å². The first kappa shape index (κ1) is 16.9. The third-order valence-electron chi connectivity index (χ3n) is 5.13. The van der Waals surface area contributed by atoms with E-state index in [0.717, 1.165) is 18.4 Å². The Morgan fingerprint density at radius 3 is 2.42 bits per heavy atom. The highest BCUT2D eigenvalue weighted by atomic mass is 16.3.